The summed E-state index contributed by atoms with van der Waals surface area (Å²) in [6.45, 7) is 0.522. The van der Waals surface area contributed by atoms with Crippen molar-refractivity contribution in [3.05, 3.63) is 60.0 Å². The number of halogens is 1. The Morgan fingerprint density at radius 1 is 1.20 bits per heavy atom. The van der Waals surface area contributed by atoms with Crippen LogP contribution in [0.4, 0.5) is 38.0 Å². The molecule has 0 bridgehead atoms. The number of benzene rings is 2. The summed E-state index contributed by atoms with van der Waals surface area (Å²) in [6.07, 6.45) is 0.585. The number of phenols is 1. The summed E-state index contributed by atoms with van der Waals surface area (Å²) in [4.78, 5) is 20.1. The number of anilines is 5. The van der Waals surface area contributed by atoms with E-state index in [4.69, 9.17) is 4.74 Å². The summed E-state index contributed by atoms with van der Waals surface area (Å²) in [5.41, 5.74) is 2.81. The molecule has 1 amide bonds. The fourth-order valence-electron chi connectivity index (χ4n) is 3.19. The van der Waals surface area contributed by atoms with Gasteiger partial charge in [-0.25, -0.2) is 24.2 Å². The van der Waals surface area contributed by atoms with Crippen molar-refractivity contribution in [2.45, 2.75) is 6.54 Å². The second-order valence-electron chi connectivity index (χ2n) is 6.63. The van der Waals surface area contributed by atoms with E-state index in [1.807, 2.05) is 6.07 Å². The first-order valence-corrected chi connectivity index (χ1v) is 9.02. The maximum atomic E-state index is 14.1. The summed E-state index contributed by atoms with van der Waals surface area (Å²) in [7, 11) is 3.12. The minimum absolute atomic E-state index is 0.0316. The lowest BCUT2D eigenvalue weighted by Crippen LogP contribution is -2.39. The van der Waals surface area contributed by atoms with Gasteiger partial charge in [0.2, 0.25) is 5.95 Å². The number of hydrogen-bond acceptors (Lipinski definition) is 8. The lowest BCUT2D eigenvalue weighted by molar-refractivity contribution is 0.159. The number of hydrazine groups is 1. The highest BCUT2D eigenvalue weighted by atomic mass is 19.1. The van der Waals surface area contributed by atoms with Crippen LogP contribution in [0.1, 0.15) is 5.56 Å². The van der Waals surface area contributed by atoms with E-state index in [0.29, 0.717) is 17.9 Å². The zero-order valence-electron chi connectivity index (χ0n) is 16.3. The predicted molar refractivity (Wildman–Crippen MR) is 109 cm³/mol. The normalized spacial score (nSPS) is 13.1. The van der Waals surface area contributed by atoms with Crippen molar-refractivity contribution in [3.8, 4) is 5.75 Å². The van der Waals surface area contributed by atoms with Crippen LogP contribution in [-0.4, -0.2) is 40.3 Å². The Hall–Kier alpha value is -3.92. The number of hydrogen-bond donors (Lipinski definition) is 3. The van der Waals surface area contributed by atoms with E-state index < -0.39 is 11.9 Å². The molecule has 0 unspecified atom stereocenters. The molecule has 0 saturated carbocycles. The maximum absolute atomic E-state index is 14.1. The van der Waals surface area contributed by atoms with E-state index in [-0.39, 0.29) is 17.5 Å². The third-order valence-corrected chi connectivity index (χ3v) is 4.50. The summed E-state index contributed by atoms with van der Waals surface area (Å²) >= 11 is 0. The number of fused-ring (bicyclic) bond motifs is 1. The zero-order chi connectivity index (χ0) is 21.3. The molecule has 1 aliphatic heterocycles. The number of rotatable bonds is 4. The third-order valence-electron chi connectivity index (χ3n) is 4.50. The topological polar surface area (TPSA) is 103 Å². The van der Waals surface area contributed by atoms with Crippen LogP contribution in [-0.2, 0) is 11.3 Å². The monoisotopic (exact) mass is 410 g/mol. The Bertz CT molecular complexity index is 1110. The Morgan fingerprint density at radius 3 is 2.77 bits per heavy atom. The van der Waals surface area contributed by atoms with Gasteiger partial charge in [-0.15, -0.1) is 0 Å². The van der Waals surface area contributed by atoms with Gasteiger partial charge in [0, 0.05) is 31.0 Å². The van der Waals surface area contributed by atoms with Gasteiger partial charge in [-0.2, -0.15) is 4.98 Å². The number of phenolic OH excluding ortho intramolecular Hbond substituents is 1. The Labute approximate surface area is 171 Å². The van der Waals surface area contributed by atoms with Gasteiger partial charge < -0.3 is 20.5 Å². The van der Waals surface area contributed by atoms with E-state index in [0.717, 1.165) is 17.4 Å². The van der Waals surface area contributed by atoms with Crippen LogP contribution in [0.2, 0.25) is 0 Å². The average molecular weight is 410 g/mol. The van der Waals surface area contributed by atoms with Gasteiger partial charge in [0.1, 0.15) is 5.75 Å². The van der Waals surface area contributed by atoms with Crippen LogP contribution in [0.15, 0.2) is 48.7 Å². The molecule has 2 aromatic carbocycles. The van der Waals surface area contributed by atoms with Crippen molar-refractivity contribution in [3.63, 3.8) is 0 Å². The van der Waals surface area contributed by atoms with E-state index in [9.17, 15) is 14.3 Å². The molecule has 3 N–H and O–H groups in total. The Morgan fingerprint density at radius 2 is 2.00 bits per heavy atom. The summed E-state index contributed by atoms with van der Waals surface area (Å²) in [5.74, 6) is -0.420. The molecule has 0 radical (unpaired) electrons. The largest absolute Gasteiger partial charge is 0.508 e. The van der Waals surface area contributed by atoms with E-state index in [2.05, 4.69) is 20.6 Å². The minimum Gasteiger partial charge on any atom is -0.508 e. The molecule has 4 rings (SSSR count). The third kappa shape index (κ3) is 3.80. The van der Waals surface area contributed by atoms with Gasteiger partial charge in [-0.1, -0.05) is 6.07 Å². The highest BCUT2D eigenvalue weighted by Crippen LogP contribution is 2.33. The van der Waals surface area contributed by atoms with Crippen molar-refractivity contribution < 1.29 is 19.0 Å². The fraction of sp³-hybridized carbons (Fsp3) is 0.150. The Balaban J connectivity index is 1.55. The highest BCUT2D eigenvalue weighted by Gasteiger charge is 2.30. The number of carbonyl (C=O) groups excluding carboxylic acids is 1. The molecule has 154 valence electrons. The molecule has 9 nitrogen and oxygen atoms in total. The van der Waals surface area contributed by atoms with Crippen LogP contribution in [0.3, 0.4) is 0 Å². The molecule has 3 aromatic rings. The summed E-state index contributed by atoms with van der Waals surface area (Å²) in [5, 5.41) is 18.6. The van der Waals surface area contributed by atoms with Crippen molar-refractivity contribution >= 4 is 34.9 Å². The molecular formula is C20H19FN6O3. The van der Waals surface area contributed by atoms with E-state index >= 15 is 0 Å². The van der Waals surface area contributed by atoms with Crippen molar-refractivity contribution in [1.82, 2.24) is 15.0 Å². The fourth-order valence-corrected chi connectivity index (χ4v) is 3.19. The molecule has 30 heavy (non-hydrogen) atoms. The number of nitrogens with zero attached hydrogens (tertiary/aromatic N) is 4. The van der Waals surface area contributed by atoms with E-state index in [1.54, 1.807) is 36.3 Å². The summed E-state index contributed by atoms with van der Waals surface area (Å²) in [6, 6.07) is 11.7. The van der Waals surface area contributed by atoms with Gasteiger partial charge in [0.15, 0.2) is 11.6 Å². The Kier molecular flexibility index (Phi) is 5.07. The van der Waals surface area contributed by atoms with E-state index in [1.165, 1.54) is 24.3 Å². The van der Waals surface area contributed by atoms with Gasteiger partial charge in [-0.05, 0) is 35.9 Å². The summed E-state index contributed by atoms with van der Waals surface area (Å²) < 4.78 is 19.0. The molecule has 0 aliphatic carbocycles. The van der Waals surface area contributed by atoms with Crippen LogP contribution >= 0.6 is 0 Å². The molecule has 1 aromatic heterocycles. The lowest BCUT2D eigenvalue weighted by atomic mass is 10.1. The van der Waals surface area contributed by atoms with Crippen molar-refractivity contribution in [1.29, 1.82) is 0 Å². The molecule has 10 heteroatoms. The number of aromatic nitrogens is 2. The molecule has 0 fully saturated rings. The van der Waals surface area contributed by atoms with Crippen LogP contribution in [0.5, 0.6) is 5.75 Å². The number of aromatic hydroxyl groups is 1. The molecule has 0 atom stereocenters. The predicted octanol–water partition coefficient (Wildman–Crippen LogP) is 3.74. The average Bonchev–Trinajstić information content (AvgIpc) is 3.05. The minimum atomic E-state index is -0.631. The standard InChI is InChI=1S/C20H19FN6O3/c1-26-11-12-8-14(6-7-17(12)27(26)20(29)30-2)24-19-22-10-16(21)18(25-19)23-13-4-3-5-15(28)9-13/h3-10,28H,11H2,1-2H3,(H2,22,23,24,25). The molecule has 1 aliphatic rings. The lowest BCUT2D eigenvalue weighted by Gasteiger charge is -2.22. The molecular weight excluding hydrogens is 391 g/mol. The van der Waals surface area contributed by atoms with Gasteiger partial charge in [-0.3, -0.25) is 0 Å². The van der Waals surface area contributed by atoms with Crippen LogP contribution < -0.4 is 15.6 Å². The number of ether oxygens (including phenoxy) is 1. The molecule has 2 heterocycles. The van der Waals surface area contributed by atoms with Crippen molar-refractivity contribution in [2.75, 3.05) is 29.8 Å². The van der Waals surface area contributed by atoms with Gasteiger partial charge in [0.25, 0.3) is 0 Å². The van der Waals surface area contributed by atoms with Crippen LogP contribution in [0, 0.1) is 5.82 Å². The number of carbonyl (C=O) groups is 1. The first-order valence-electron chi connectivity index (χ1n) is 9.02. The first-order chi connectivity index (χ1) is 14.4. The SMILES string of the molecule is COC(=O)N1c2ccc(Nc3ncc(F)c(Nc4cccc(O)c4)n3)cc2CN1C. The van der Waals surface area contributed by atoms with Gasteiger partial charge >= 0.3 is 6.09 Å². The number of nitrogens with one attached hydrogen (secondary N) is 2. The maximum Gasteiger partial charge on any atom is 0.428 e. The second-order valence-corrected chi connectivity index (χ2v) is 6.63. The van der Waals surface area contributed by atoms with Crippen molar-refractivity contribution in [2.24, 2.45) is 0 Å². The first kappa shape index (κ1) is 19.4. The van der Waals surface area contributed by atoms with Crippen LogP contribution in [0.25, 0.3) is 0 Å². The number of amides is 1. The highest BCUT2D eigenvalue weighted by molar-refractivity contribution is 5.89. The van der Waals surface area contributed by atoms with Gasteiger partial charge in [0.05, 0.1) is 19.0 Å². The second kappa shape index (κ2) is 7.84. The number of methoxy groups -OCH3 is 1. The molecule has 0 saturated heterocycles. The smallest absolute Gasteiger partial charge is 0.428 e. The zero-order valence-corrected chi connectivity index (χ0v) is 16.3. The quantitative estimate of drug-likeness (QED) is 0.598. The molecule has 0 spiro atoms.